The van der Waals surface area contributed by atoms with Gasteiger partial charge in [0.25, 0.3) is 5.91 Å². The number of nitrogens with one attached hydrogen (secondary N) is 2. The minimum Gasteiger partial charge on any atom is -0.352 e. The molecule has 2 fully saturated rings. The Bertz CT molecular complexity index is 1010. The van der Waals surface area contributed by atoms with Gasteiger partial charge in [-0.2, -0.15) is 0 Å². The molecule has 2 N–H and O–H groups in total. The van der Waals surface area contributed by atoms with Crippen molar-refractivity contribution in [2.45, 2.75) is 44.7 Å². The molecule has 180 valence electrons. The first-order valence-corrected chi connectivity index (χ1v) is 12.0. The fourth-order valence-corrected chi connectivity index (χ4v) is 4.72. The molecule has 4 rings (SSSR count). The van der Waals surface area contributed by atoms with Crippen molar-refractivity contribution < 1.29 is 14.4 Å². The maximum atomic E-state index is 13.7. The summed E-state index contributed by atoms with van der Waals surface area (Å²) in [5.41, 5.74) is 0.929. The largest absolute Gasteiger partial charge is 0.352 e. The molecule has 2 aromatic carbocycles. The summed E-state index contributed by atoms with van der Waals surface area (Å²) in [6.45, 7) is 5.28. The van der Waals surface area contributed by atoms with Gasteiger partial charge in [0.15, 0.2) is 0 Å². The molecule has 0 bridgehead atoms. The molecule has 0 saturated carbocycles. The van der Waals surface area contributed by atoms with Crippen LogP contribution in [0.4, 0.5) is 16.2 Å². The second kappa shape index (κ2) is 10.2. The highest BCUT2D eigenvalue weighted by atomic mass is 16.2. The molecule has 34 heavy (non-hydrogen) atoms. The number of carbonyl (C=O) groups is 3. The number of urea groups is 1. The number of carbonyl (C=O) groups excluding carboxylic acids is 3. The Morgan fingerprint density at radius 2 is 1.62 bits per heavy atom. The molecule has 0 radical (unpaired) electrons. The third kappa shape index (κ3) is 4.85. The highest BCUT2D eigenvalue weighted by Gasteiger charge is 2.54. The average Bonchev–Trinajstić information content (AvgIpc) is 3.11. The summed E-state index contributed by atoms with van der Waals surface area (Å²) >= 11 is 0. The summed E-state index contributed by atoms with van der Waals surface area (Å²) in [5, 5.41) is 5.88. The van der Waals surface area contributed by atoms with E-state index in [0.717, 1.165) is 17.8 Å². The van der Waals surface area contributed by atoms with Gasteiger partial charge in [0.2, 0.25) is 5.91 Å². The number of para-hydroxylation sites is 2. The van der Waals surface area contributed by atoms with E-state index >= 15 is 0 Å². The van der Waals surface area contributed by atoms with E-state index in [1.54, 1.807) is 9.80 Å². The van der Waals surface area contributed by atoms with Crippen LogP contribution in [-0.4, -0.2) is 65.5 Å². The molecular weight excluding hydrogens is 430 g/mol. The molecule has 2 heterocycles. The monoisotopic (exact) mass is 463 g/mol. The molecule has 4 amide bonds. The molecule has 1 spiro atoms. The van der Waals surface area contributed by atoms with E-state index in [9.17, 15) is 14.4 Å². The van der Waals surface area contributed by atoms with Crippen LogP contribution in [0.25, 0.3) is 0 Å². The van der Waals surface area contributed by atoms with Crippen molar-refractivity contribution in [3.63, 3.8) is 0 Å². The highest BCUT2D eigenvalue weighted by molar-refractivity contribution is 5.97. The first-order valence-electron chi connectivity index (χ1n) is 12.0. The van der Waals surface area contributed by atoms with E-state index in [2.05, 4.69) is 15.5 Å². The van der Waals surface area contributed by atoms with Gasteiger partial charge >= 0.3 is 6.03 Å². The van der Waals surface area contributed by atoms with Gasteiger partial charge in [0.1, 0.15) is 12.1 Å². The van der Waals surface area contributed by atoms with E-state index < -0.39 is 5.54 Å². The Morgan fingerprint density at radius 3 is 2.24 bits per heavy atom. The fraction of sp³-hybridized carbons (Fsp3) is 0.423. The summed E-state index contributed by atoms with van der Waals surface area (Å²) in [4.78, 5) is 44.6. The molecule has 8 heteroatoms. The van der Waals surface area contributed by atoms with E-state index in [1.807, 2.05) is 74.5 Å². The van der Waals surface area contributed by atoms with Crippen molar-refractivity contribution >= 4 is 29.2 Å². The van der Waals surface area contributed by atoms with Gasteiger partial charge in [-0.3, -0.25) is 9.59 Å². The van der Waals surface area contributed by atoms with Crippen LogP contribution < -0.4 is 15.5 Å². The molecule has 2 aromatic rings. The SMILES string of the molecule is CCC(C)NC(=O)CN1CN(c2ccccc2)C2(CCN(C(=O)Nc3ccccc3)CC2)C1=O. The number of amides is 4. The summed E-state index contributed by atoms with van der Waals surface area (Å²) < 4.78 is 0. The summed E-state index contributed by atoms with van der Waals surface area (Å²) in [6.07, 6.45) is 1.85. The second-order valence-electron chi connectivity index (χ2n) is 9.10. The van der Waals surface area contributed by atoms with Gasteiger partial charge in [-0.25, -0.2) is 4.79 Å². The molecule has 2 aliphatic heterocycles. The van der Waals surface area contributed by atoms with Crippen molar-refractivity contribution in [1.82, 2.24) is 15.1 Å². The molecule has 2 aliphatic rings. The first-order chi connectivity index (χ1) is 16.4. The number of anilines is 2. The maximum absolute atomic E-state index is 13.7. The Morgan fingerprint density at radius 1 is 1.00 bits per heavy atom. The molecular formula is C26H33N5O3. The summed E-state index contributed by atoms with van der Waals surface area (Å²) in [6, 6.07) is 19.1. The maximum Gasteiger partial charge on any atom is 0.321 e. The lowest BCUT2D eigenvalue weighted by atomic mass is 9.85. The third-order valence-electron chi connectivity index (χ3n) is 6.84. The van der Waals surface area contributed by atoms with Crippen LogP contribution in [0.5, 0.6) is 0 Å². The number of piperidine rings is 1. The number of hydrogen-bond donors (Lipinski definition) is 2. The van der Waals surface area contributed by atoms with Gasteiger partial charge in [-0.15, -0.1) is 0 Å². The molecule has 1 atom stereocenters. The van der Waals surface area contributed by atoms with Crippen LogP contribution in [-0.2, 0) is 9.59 Å². The van der Waals surface area contributed by atoms with Crippen molar-refractivity contribution in [2.24, 2.45) is 0 Å². The second-order valence-corrected chi connectivity index (χ2v) is 9.10. The number of benzene rings is 2. The number of likely N-dealkylation sites (tertiary alicyclic amines) is 1. The van der Waals surface area contributed by atoms with Crippen molar-refractivity contribution in [3.05, 3.63) is 60.7 Å². The van der Waals surface area contributed by atoms with Gasteiger partial charge in [0, 0.05) is 30.5 Å². The number of nitrogens with zero attached hydrogens (tertiary/aromatic N) is 3. The van der Waals surface area contributed by atoms with Crippen LogP contribution in [0, 0.1) is 0 Å². The Kier molecular flexibility index (Phi) is 7.05. The lowest BCUT2D eigenvalue weighted by molar-refractivity contribution is -0.137. The molecule has 0 aromatic heterocycles. The van der Waals surface area contributed by atoms with E-state index in [4.69, 9.17) is 0 Å². The number of rotatable bonds is 6. The molecule has 0 aliphatic carbocycles. The first kappa shape index (κ1) is 23.6. The summed E-state index contributed by atoms with van der Waals surface area (Å²) in [5.74, 6) is -0.189. The van der Waals surface area contributed by atoms with Crippen molar-refractivity contribution in [1.29, 1.82) is 0 Å². The molecule has 1 unspecified atom stereocenters. The number of hydrogen-bond acceptors (Lipinski definition) is 4. The van der Waals surface area contributed by atoms with E-state index in [0.29, 0.717) is 32.6 Å². The van der Waals surface area contributed by atoms with Gasteiger partial charge in [-0.1, -0.05) is 43.3 Å². The fourth-order valence-electron chi connectivity index (χ4n) is 4.72. The smallest absolute Gasteiger partial charge is 0.321 e. The van der Waals surface area contributed by atoms with Crippen LogP contribution in [0.3, 0.4) is 0 Å². The topological polar surface area (TPSA) is 85.0 Å². The zero-order valence-corrected chi connectivity index (χ0v) is 19.9. The lowest BCUT2D eigenvalue weighted by Gasteiger charge is -2.43. The minimum absolute atomic E-state index is 0.0342. The summed E-state index contributed by atoms with van der Waals surface area (Å²) in [7, 11) is 0. The minimum atomic E-state index is -0.762. The van der Waals surface area contributed by atoms with Crippen LogP contribution >= 0.6 is 0 Å². The van der Waals surface area contributed by atoms with E-state index in [1.165, 1.54) is 0 Å². The Labute approximate surface area is 200 Å². The van der Waals surface area contributed by atoms with Gasteiger partial charge in [0.05, 0.1) is 6.67 Å². The molecule has 8 nitrogen and oxygen atoms in total. The zero-order chi connectivity index (χ0) is 24.1. The average molecular weight is 464 g/mol. The van der Waals surface area contributed by atoms with Crippen LogP contribution in [0.15, 0.2) is 60.7 Å². The van der Waals surface area contributed by atoms with Crippen LogP contribution in [0.1, 0.15) is 33.1 Å². The Balaban J connectivity index is 1.49. The predicted octanol–water partition coefficient (Wildman–Crippen LogP) is 3.27. The lowest BCUT2D eigenvalue weighted by Crippen LogP contribution is -2.58. The quantitative estimate of drug-likeness (QED) is 0.689. The normalized spacial score (nSPS) is 18.2. The van der Waals surface area contributed by atoms with Crippen LogP contribution in [0.2, 0.25) is 0 Å². The third-order valence-corrected chi connectivity index (χ3v) is 6.84. The standard InChI is InChI=1S/C26H33N5O3/c1-3-20(2)27-23(32)18-30-19-31(22-12-8-5-9-13-22)26(24(30)33)14-16-29(17-15-26)25(34)28-21-10-6-4-7-11-21/h4-13,20H,3,14-19H2,1-2H3,(H,27,32)(H,28,34). The van der Waals surface area contributed by atoms with Gasteiger partial charge < -0.3 is 25.3 Å². The predicted molar refractivity (Wildman–Crippen MR) is 132 cm³/mol. The molecule has 2 saturated heterocycles. The highest BCUT2D eigenvalue weighted by Crippen LogP contribution is 2.39. The van der Waals surface area contributed by atoms with Crippen molar-refractivity contribution in [2.75, 3.05) is 36.5 Å². The van der Waals surface area contributed by atoms with E-state index in [-0.39, 0.29) is 30.4 Å². The zero-order valence-electron chi connectivity index (χ0n) is 19.9. The van der Waals surface area contributed by atoms with Crippen molar-refractivity contribution in [3.8, 4) is 0 Å². The van der Waals surface area contributed by atoms with Gasteiger partial charge in [-0.05, 0) is 50.5 Å². The Hall–Kier alpha value is -3.55.